The van der Waals surface area contributed by atoms with Gasteiger partial charge in [0.05, 0.1) is 5.56 Å². The summed E-state index contributed by atoms with van der Waals surface area (Å²) in [6, 6.07) is 1.88. The molecule has 1 aliphatic heterocycles. The number of carboxylic acids is 1. The van der Waals surface area contributed by atoms with Crippen LogP contribution in [-0.2, 0) is 22.4 Å². The molecule has 2 aliphatic rings. The lowest BCUT2D eigenvalue weighted by molar-refractivity contribution is -0.132. The number of amides is 2. The molecule has 1 saturated heterocycles. The van der Waals surface area contributed by atoms with Crippen LogP contribution in [0.3, 0.4) is 0 Å². The minimum Gasteiger partial charge on any atom is -0.478 e. The fraction of sp³-hybridized carbons (Fsp3) is 0.364. The normalized spacial score (nSPS) is 16.8. The van der Waals surface area contributed by atoms with Crippen molar-refractivity contribution in [1.82, 2.24) is 14.4 Å². The van der Waals surface area contributed by atoms with Gasteiger partial charge >= 0.3 is 5.97 Å². The van der Waals surface area contributed by atoms with E-state index in [2.05, 4.69) is 0 Å². The molecule has 0 bridgehead atoms. The standard InChI is InChI=1S/C22H23N3O4S2/c1-11-9-13(10-15-18(26)23(3)22(30)24(4)19(15)27)12(2)25(11)20-17(21(28)29)14-7-5-6-8-16(14)31-20/h9-10H,5-8H2,1-4H3,(H,28,29). The fourth-order valence-electron chi connectivity index (χ4n) is 4.31. The lowest BCUT2D eigenvalue weighted by atomic mass is 9.95. The molecule has 1 fully saturated rings. The number of rotatable bonds is 3. The predicted molar refractivity (Wildman–Crippen MR) is 123 cm³/mol. The summed E-state index contributed by atoms with van der Waals surface area (Å²) in [4.78, 5) is 41.2. The van der Waals surface area contributed by atoms with Gasteiger partial charge in [0.2, 0.25) is 0 Å². The van der Waals surface area contributed by atoms with Crippen LogP contribution in [0.25, 0.3) is 11.1 Å². The highest BCUT2D eigenvalue weighted by molar-refractivity contribution is 7.80. The Kier molecular flexibility index (Phi) is 5.35. The molecular weight excluding hydrogens is 434 g/mol. The van der Waals surface area contributed by atoms with Crippen molar-refractivity contribution in [1.29, 1.82) is 0 Å². The molecule has 3 heterocycles. The molecule has 0 radical (unpaired) electrons. The maximum Gasteiger partial charge on any atom is 0.339 e. The number of thiocarbonyl (C=S) groups is 1. The highest BCUT2D eigenvalue weighted by atomic mass is 32.1. The molecule has 4 rings (SSSR count). The Labute approximate surface area is 189 Å². The maximum absolute atomic E-state index is 12.7. The van der Waals surface area contributed by atoms with E-state index in [1.165, 1.54) is 21.1 Å². The number of aromatic nitrogens is 1. The summed E-state index contributed by atoms with van der Waals surface area (Å²) in [6.45, 7) is 3.77. The Bertz CT molecular complexity index is 1160. The first-order chi connectivity index (χ1) is 14.6. The number of thiophene rings is 1. The van der Waals surface area contributed by atoms with Gasteiger partial charge in [0.25, 0.3) is 11.8 Å². The third kappa shape index (κ3) is 3.32. The van der Waals surface area contributed by atoms with Crippen molar-refractivity contribution >= 4 is 52.5 Å². The van der Waals surface area contributed by atoms with Gasteiger partial charge in [-0.2, -0.15) is 0 Å². The van der Waals surface area contributed by atoms with E-state index in [1.807, 2.05) is 24.5 Å². The summed E-state index contributed by atoms with van der Waals surface area (Å²) in [5, 5.41) is 10.8. The number of nitrogens with zero attached hydrogens (tertiary/aromatic N) is 3. The molecule has 2 aromatic heterocycles. The molecule has 0 aromatic carbocycles. The second kappa shape index (κ2) is 7.72. The lowest BCUT2D eigenvalue weighted by Gasteiger charge is -2.31. The maximum atomic E-state index is 12.7. The number of aromatic carboxylic acids is 1. The van der Waals surface area contributed by atoms with Crippen molar-refractivity contribution < 1.29 is 19.5 Å². The Balaban J connectivity index is 1.85. The molecule has 0 spiro atoms. The third-order valence-electron chi connectivity index (χ3n) is 5.98. The molecule has 0 saturated carbocycles. The van der Waals surface area contributed by atoms with E-state index in [0.29, 0.717) is 16.1 Å². The minimum atomic E-state index is -0.920. The Morgan fingerprint density at radius 1 is 1.13 bits per heavy atom. The van der Waals surface area contributed by atoms with Crippen LogP contribution >= 0.6 is 23.6 Å². The van der Waals surface area contributed by atoms with Crippen LogP contribution in [0.2, 0.25) is 0 Å². The Morgan fingerprint density at radius 2 is 1.74 bits per heavy atom. The summed E-state index contributed by atoms with van der Waals surface area (Å²) in [7, 11) is 3.08. The topological polar surface area (TPSA) is 82.9 Å². The lowest BCUT2D eigenvalue weighted by Crippen LogP contribution is -2.52. The number of aryl methyl sites for hydroxylation is 2. The first kappa shape index (κ1) is 21.5. The van der Waals surface area contributed by atoms with Crippen molar-refractivity contribution in [3.63, 3.8) is 0 Å². The first-order valence-electron chi connectivity index (χ1n) is 10.0. The molecule has 1 N–H and O–H groups in total. The zero-order valence-corrected chi connectivity index (χ0v) is 19.4. The van der Waals surface area contributed by atoms with E-state index < -0.39 is 17.8 Å². The summed E-state index contributed by atoms with van der Waals surface area (Å²) in [5.41, 5.74) is 3.67. The number of carbonyl (C=O) groups is 3. The smallest absolute Gasteiger partial charge is 0.339 e. The van der Waals surface area contributed by atoms with Gasteiger partial charge in [-0.05, 0) is 75.0 Å². The van der Waals surface area contributed by atoms with Crippen LogP contribution in [0.15, 0.2) is 11.6 Å². The molecule has 2 amide bonds. The van der Waals surface area contributed by atoms with E-state index in [1.54, 1.807) is 20.2 Å². The Morgan fingerprint density at radius 3 is 2.35 bits per heavy atom. The van der Waals surface area contributed by atoms with Gasteiger partial charge in [-0.25, -0.2) is 4.79 Å². The van der Waals surface area contributed by atoms with Gasteiger partial charge in [-0.1, -0.05) is 0 Å². The van der Waals surface area contributed by atoms with Crippen LogP contribution < -0.4 is 0 Å². The van der Waals surface area contributed by atoms with E-state index >= 15 is 0 Å². The van der Waals surface area contributed by atoms with Gasteiger partial charge in [-0.3, -0.25) is 19.4 Å². The van der Waals surface area contributed by atoms with Crippen LogP contribution in [0, 0.1) is 13.8 Å². The first-order valence-corrected chi connectivity index (χ1v) is 11.2. The van der Waals surface area contributed by atoms with Gasteiger partial charge in [0.15, 0.2) is 5.11 Å². The molecule has 1 aliphatic carbocycles. The van der Waals surface area contributed by atoms with Crippen molar-refractivity contribution in [3.05, 3.63) is 44.6 Å². The van der Waals surface area contributed by atoms with E-state index in [9.17, 15) is 19.5 Å². The third-order valence-corrected chi connectivity index (χ3v) is 7.81. The van der Waals surface area contributed by atoms with Gasteiger partial charge in [0.1, 0.15) is 10.6 Å². The molecule has 9 heteroatoms. The van der Waals surface area contributed by atoms with Gasteiger partial charge in [-0.15, -0.1) is 11.3 Å². The van der Waals surface area contributed by atoms with E-state index in [4.69, 9.17) is 12.2 Å². The highest BCUT2D eigenvalue weighted by Gasteiger charge is 2.35. The number of fused-ring (bicyclic) bond motifs is 1. The molecule has 0 unspecified atom stereocenters. The average molecular weight is 458 g/mol. The average Bonchev–Trinajstić information content (AvgIpc) is 3.24. The molecular formula is C22H23N3O4S2. The number of carboxylic acid groups (broad SMARTS) is 1. The number of likely N-dealkylation sites (N-methyl/N-ethyl adjacent to an activating group) is 2. The van der Waals surface area contributed by atoms with Gasteiger partial charge < -0.3 is 9.67 Å². The van der Waals surface area contributed by atoms with E-state index in [0.717, 1.165) is 47.5 Å². The van der Waals surface area contributed by atoms with Crippen molar-refractivity contribution in [2.75, 3.05) is 14.1 Å². The summed E-state index contributed by atoms with van der Waals surface area (Å²) >= 11 is 6.67. The van der Waals surface area contributed by atoms with Crippen LogP contribution in [0.5, 0.6) is 0 Å². The second-order valence-electron chi connectivity index (χ2n) is 7.93. The van der Waals surface area contributed by atoms with Crippen molar-refractivity contribution in [2.45, 2.75) is 39.5 Å². The second-order valence-corrected chi connectivity index (χ2v) is 9.38. The zero-order chi connectivity index (χ0) is 22.6. The van der Waals surface area contributed by atoms with Gasteiger partial charge in [0, 0.05) is 30.4 Å². The molecule has 2 aromatic rings. The SMILES string of the molecule is Cc1cc(C=C2C(=O)N(C)C(=S)N(C)C2=O)c(C)n1-c1sc2c(c1C(=O)O)CCCC2. The largest absolute Gasteiger partial charge is 0.478 e. The molecule has 162 valence electrons. The fourth-order valence-corrected chi connectivity index (χ4v) is 5.96. The summed E-state index contributed by atoms with van der Waals surface area (Å²) < 4.78 is 1.93. The number of hydrogen-bond acceptors (Lipinski definition) is 5. The zero-order valence-electron chi connectivity index (χ0n) is 17.8. The van der Waals surface area contributed by atoms with E-state index in [-0.39, 0.29) is 10.7 Å². The number of hydrogen-bond donors (Lipinski definition) is 1. The highest BCUT2D eigenvalue weighted by Crippen LogP contribution is 2.39. The Hall–Kier alpha value is -2.78. The molecule has 31 heavy (non-hydrogen) atoms. The predicted octanol–water partition coefficient (Wildman–Crippen LogP) is 3.33. The number of carbonyl (C=O) groups excluding carboxylic acids is 2. The molecule has 7 nitrogen and oxygen atoms in total. The summed E-state index contributed by atoms with van der Waals surface area (Å²) in [5.74, 6) is -1.82. The van der Waals surface area contributed by atoms with Crippen molar-refractivity contribution in [2.24, 2.45) is 0 Å². The quantitative estimate of drug-likeness (QED) is 0.434. The summed E-state index contributed by atoms with van der Waals surface area (Å²) in [6.07, 6.45) is 5.33. The minimum absolute atomic E-state index is 0.0304. The van der Waals surface area contributed by atoms with Crippen LogP contribution in [-0.4, -0.2) is 56.5 Å². The molecule has 0 atom stereocenters. The van der Waals surface area contributed by atoms with Crippen LogP contribution in [0.4, 0.5) is 0 Å². The van der Waals surface area contributed by atoms with Crippen LogP contribution in [0.1, 0.15) is 50.6 Å². The van der Waals surface area contributed by atoms with Crippen molar-refractivity contribution in [3.8, 4) is 5.00 Å². The monoisotopic (exact) mass is 457 g/mol.